The van der Waals surface area contributed by atoms with Crippen LogP contribution in [0.3, 0.4) is 0 Å². The minimum Gasteiger partial charge on any atom is -0.431 e. The number of halogens is 2. The lowest BCUT2D eigenvalue weighted by Crippen LogP contribution is -2.35. The Kier molecular flexibility index (Phi) is 3.85. The summed E-state index contributed by atoms with van der Waals surface area (Å²) in [6, 6.07) is 5.38. The van der Waals surface area contributed by atoms with Gasteiger partial charge in [-0.05, 0) is 35.4 Å². The van der Waals surface area contributed by atoms with Crippen LogP contribution in [0, 0.1) is 17.0 Å². The maximum Gasteiger partial charge on any atom is 0.239 e. The lowest BCUT2D eigenvalue weighted by atomic mass is 9.65. The van der Waals surface area contributed by atoms with Gasteiger partial charge in [-0.3, -0.25) is 0 Å². The summed E-state index contributed by atoms with van der Waals surface area (Å²) in [6.07, 6.45) is 0.947. The second-order valence-corrected chi connectivity index (χ2v) is 7.45. The Labute approximate surface area is 141 Å². The van der Waals surface area contributed by atoms with E-state index >= 15 is 0 Å². The molecule has 0 fully saturated rings. The maximum absolute atomic E-state index is 13.8. The first-order valence-corrected chi connectivity index (χ1v) is 8.20. The predicted molar refractivity (Wildman–Crippen MR) is 88.3 cm³/mol. The molecule has 1 aliphatic carbocycles. The van der Waals surface area contributed by atoms with Crippen molar-refractivity contribution in [1.82, 2.24) is 10.2 Å². The lowest BCUT2D eigenvalue weighted by Gasteiger charge is -2.38. The van der Waals surface area contributed by atoms with Crippen LogP contribution in [0.1, 0.15) is 58.2 Å². The molecule has 1 heterocycles. The van der Waals surface area contributed by atoms with Crippen LogP contribution in [0.4, 0.5) is 8.78 Å². The van der Waals surface area contributed by atoms with Crippen LogP contribution in [0.5, 0.6) is 11.6 Å². The fourth-order valence-electron chi connectivity index (χ4n) is 3.73. The number of ether oxygens (including phenoxy) is 1. The molecule has 5 heteroatoms. The van der Waals surface area contributed by atoms with E-state index in [1.807, 2.05) is 0 Å². The van der Waals surface area contributed by atoms with Gasteiger partial charge in [-0.2, -0.15) is 5.10 Å². The lowest BCUT2D eigenvalue weighted by molar-refractivity contribution is 0.175. The molecule has 0 radical (unpaired) electrons. The summed E-state index contributed by atoms with van der Waals surface area (Å²) in [5, 5.41) is 8.39. The second kappa shape index (κ2) is 5.50. The molecule has 1 aromatic heterocycles. The molecule has 0 spiro atoms. The Morgan fingerprint density at radius 2 is 1.71 bits per heavy atom. The molecule has 0 N–H and O–H groups in total. The monoisotopic (exact) mass is 332 g/mol. The van der Waals surface area contributed by atoms with E-state index in [1.54, 1.807) is 6.07 Å². The first-order valence-electron chi connectivity index (χ1n) is 8.20. The van der Waals surface area contributed by atoms with E-state index in [-0.39, 0.29) is 22.6 Å². The zero-order chi connectivity index (χ0) is 17.7. The molecular weight excluding hydrogens is 310 g/mol. The first-order chi connectivity index (χ1) is 11.2. The van der Waals surface area contributed by atoms with Crippen LogP contribution in [0.15, 0.2) is 24.3 Å². The topological polar surface area (TPSA) is 35.0 Å². The van der Waals surface area contributed by atoms with Gasteiger partial charge in [-0.25, -0.2) is 8.78 Å². The van der Waals surface area contributed by atoms with E-state index in [0.717, 1.165) is 29.8 Å². The molecule has 0 amide bonds. The number of para-hydroxylation sites is 1. The normalized spacial score (nSPS) is 20.7. The van der Waals surface area contributed by atoms with Gasteiger partial charge in [-0.15, -0.1) is 5.10 Å². The fraction of sp³-hybridized carbons (Fsp3) is 0.474. The Morgan fingerprint density at radius 1 is 1.08 bits per heavy atom. The van der Waals surface area contributed by atoms with Gasteiger partial charge in [0, 0.05) is 11.5 Å². The highest BCUT2D eigenvalue weighted by atomic mass is 19.1. The van der Waals surface area contributed by atoms with E-state index in [0.29, 0.717) is 0 Å². The minimum absolute atomic E-state index is 0.000629. The van der Waals surface area contributed by atoms with Crippen molar-refractivity contribution < 1.29 is 13.5 Å². The Hall–Kier alpha value is -2.04. The average molecular weight is 332 g/mol. The van der Waals surface area contributed by atoms with Crippen molar-refractivity contribution in [3.63, 3.8) is 0 Å². The largest absolute Gasteiger partial charge is 0.431 e. The highest BCUT2D eigenvalue weighted by Gasteiger charge is 2.53. The van der Waals surface area contributed by atoms with E-state index in [4.69, 9.17) is 4.74 Å². The molecule has 3 nitrogen and oxygen atoms in total. The molecule has 0 bridgehead atoms. The smallest absolute Gasteiger partial charge is 0.239 e. The summed E-state index contributed by atoms with van der Waals surface area (Å²) in [6.45, 7) is 10.9. The van der Waals surface area contributed by atoms with Gasteiger partial charge in [-0.1, -0.05) is 40.7 Å². The van der Waals surface area contributed by atoms with Crippen LogP contribution in [-0.4, -0.2) is 10.2 Å². The van der Waals surface area contributed by atoms with Crippen LogP contribution in [0.25, 0.3) is 0 Å². The second-order valence-electron chi connectivity index (χ2n) is 7.45. The van der Waals surface area contributed by atoms with E-state index in [9.17, 15) is 8.78 Å². The van der Waals surface area contributed by atoms with Crippen molar-refractivity contribution >= 4 is 0 Å². The Bertz CT molecular complexity index is 767. The van der Waals surface area contributed by atoms with Crippen molar-refractivity contribution in [3.05, 3.63) is 47.2 Å². The summed E-state index contributed by atoms with van der Waals surface area (Å²) < 4.78 is 32.9. The molecule has 0 aliphatic heterocycles. The van der Waals surface area contributed by atoms with Crippen molar-refractivity contribution in [1.29, 1.82) is 0 Å². The fourth-order valence-corrected chi connectivity index (χ4v) is 3.73. The van der Waals surface area contributed by atoms with Crippen molar-refractivity contribution in [2.45, 2.75) is 52.4 Å². The van der Waals surface area contributed by atoms with E-state index in [1.165, 1.54) is 6.07 Å². The average Bonchev–Trinajstić information content (AvgIpc) is 2.66. The zero-order valence-electron chi connectivity index (χ0n) is 14.7. The van der Waals surface area contributed by atoms with Gasteiger partial charge >= 0.3 is 0 Å². The number of rotatable bonds is 3. The van der Waals surface area contributed by atoms with Gasteiger partial charge < -0.3 is 4.74 Å². The predicted octanol–water partition coefficient (Wildman–Crippen LogP) is 5.36. The third kappa shape index (κ3) is 2.29. The van der Waals surface area contributed by atoms with Gasteiger partial charge in [0.05, 0.1) is 5.69 Å². The summed E-state index contributed by atoms with van der Waals surface area (Å²) >= 11 is 0. The summed E-state index contributed by atoms with van der Waals surface area (Å²) in [7, 11) is 0. The van der Waals surface area contributed by atoms with Crippen molar-refractivity contribution in [3.8, 4) is 11.6 Å². The Morgan fingerprint density at radius 3 is 2.29 bits per heavy atom. The van der Waals surface area contributed by atoms with E-state index < -0.39 is 17.4 Å². The molecule has 1 aliphatic rings. The molecule has 1 atom stereocenters. The molecule has 0 saturated carbocycles. The number of aromatic nitrogens is 2. The van der Waals surface area contributed by atoms with E-state index in [2.05, 4.69) is 44.8 Å². The number of hydrogen-bond acceptors (Lipinski definition) is 3. The molecule has 3 rings (SSSR count). The molecule has 0 saturated heterocycles. The molecular formula is C19H22F2N2O. The quantitative estimate of drug-likeness (QED) is 0.759. The number of nitrogens with zero attached hydrogens (tertiary/aromatic N) is 2. The van der Waals surface area contributed by atoms with Crippen LogP contribution in [0.2, 0.25) is 0 Å². The van der Waals surface area contributed by atoms with Crippen LogP contribution >= 0.6 is 0 Å². The summed E-state index contributed by atoms with van der Waals surface area (Å²) in [5.41, 5.74) is 1.84. The minimum atomic E-state index is -0.759. The molecule has 0 unspecified atom stereocenters. The standard InChI is InChI=1S/C19H22F2N2O/c1-6-12-11-10-15(24-16-13(20)8-7-9-14(16)21)22-23-17(11)19(4,5)18(12,2)3/h7-10,12H,6H2,1-5H3/t12-/m0/s1. The number of hydrogen-bond donors (Lipinski definition) is 0. The van der Waals surface area contributed by atoms with Gasteiger partial charge in [0.2, 0.25) is 11.6 Å². The van der Waals surface area contributed by atoms with Crippen LogP contribution < -0.4 is 4.74 Å². The number of benzene rings is 1. The third-order valence-electron chi connectivity index (χ3n) is 5.78. The number of fused-ring (bicyclic) bond motifs is 1. The molecule has 1 aromatic carbocycles. The van der Waals surface area contributed by atoms with Gasteiger partial charge in [0.15, 0.2) is 11.6 Å². The summed E-state index contributed by atoms with van der Waals surface area (Å²) in [4.78, 5) is 0. The highest BCUT2D eigenvalue weighted by molar-refractivity contribution is 5.43. The SMILES string of the molecule is CC[C@H]1c2cc(Oc3c(F)cccc3F)nnc2C(C)(C)C1(C)C. The molecule has 24 heavy (non-hydrogen) atoms. The highest BCUT2D eigenvalue weighted by Crippen LogP contribution is 2.59. The van der Waals surface area contributed by atoms with Crippen LogP contribution in [-0.2, 0) is 5.41 Å². The maximum atomic E-state index is 13.8. The van der Waals surface area contributed by atoms with Crippen molar-refractivity contribution in [2.24, 2.45) is 5.41 Å². The van der Waals surface area contributed by atoms with Gasteiger partial charge in [0.1, 0.15) is 0 Å². The zero-order valence-corrected chi connectivity index (χ0v) is 14.7. The molecule has 128 valence electrons. The molecule has 2 aromatic rings. The van der Waals surface area contributed by atoms with Gasteiger partial charge in [0.25, 0.3) is 0 Å². The van der Waals surface area contributed by atoms with Crippen molar-refractivity contribution in [2.75, 3.05) is 0 Å². The Balaban J connectivity index is 2.05. The first kappa shape index (κ1) is 16.8. The third-order valence-corrected chi connectivity index (χ3v) is 5.78. The summed E-state index contributed by atoms with van der Waals surface area (Å²) in [5.74, 6) is -1.57.